The van der Waals surface area contributed by atoms with Crippen molar-refractivity contribution in [3.8, 4) is 5.69 Å². The number of hydrogen-bond acceptors (Lipinski definition) is 4. The zero-order chi connectivity index (χ0) is 20.1. The van der Waals surface area contributed by atoms with Gasteiger partial charge in [-0.1, -0.05) is 32.0 Å². The van der Waals surface area contributed by atoms with Crippen molar-refractivity contribution in [3.05, 3.63) is 41.5 Å². The first-order valence-corrected chi connectivity index (χ1v) is 9.87. The summed E-state index contributed by atoms with van der Waals surface area (Å²) in [5, 5.41) is 13.7. The van der Waals surface area contributed by atoms with Gasteiger partial charge in [0, 0.05) is 13.1 Å². The molecule has 28 heavy (non-hydrogen) atoms. The maximum atomic E-state index is 12.9. The highest BCUT2D eigenvalue weighted by atomic mass is 16.4. The highest BCUT2D eigenvalue weighted by Gasteiger charge is 2.59. The summed E-state index contributed by atoms with van der Waals surface area (Å²) in [6, 6.07) is 8.03. The molecule has 0 radical (unpaired) electrons. The van der Waals surface area contributed by atoms with E-state index in [0.717, 1.165) is 30.5 Å². The van der Waals surface area contributed by atoms with Crippen molar-refractivity contribution >= 4 is 11.9 Å². The Morgan fingerprint density at radius 2 is 1.89 bits per heavy atom. The second-order valence-corrected chi connectivity index (χ2v) is 8.36. The van der Waals surface area contributed by atoms with E-state index in [1.54, 1.807) is 9.58 Å². The van der Waals surface area contributed by atoms with Gasteiger partial charge in [-0.25, -0.2) is 9.67 Å². The molecular formula is C21H26N4O3. The van der Waals surface area contributed by atoms with Gasteiger partial charge in [0.05, 0.1) is 11.6 Å². The molecular weight excluding hydrogens is 356 g/mol. The van der Waals surface area contributed by atoms with Crippen LogP contribution in [-0.2, 0) is 4.79 Å². The number of carbonyl (C=O) groups excluding carboxylic acids is 1. The van der Waals surface area contributed by atoms with Crippen molar-refractivity contribution in [1.82, 2.24) is 19.7 Å². The van der Waals surface area contributed by atoms with Crippen LogP contribution in [0.15, 0.2) is 24.3 Å². The lowest BCUT2D eigenvalue weighted by atomic mass is 9.91. The number of carbonyl (C=O) groups is 2. The normalized spacial score (nSPS) is 20.6. The zero-order valence-corrected chi connectivity index (χ0v) is 16.6. The zero-order valence-electron chi connectivity index (χ0n) is 16.6. The van der Waals surface area contributed by atoms with Crippen LogP contribution in [0.3, 0.4) is 0 Å². The Hall–Kier alpha value is -2.70. The Labute approximate surface area is 164 Å². The van der Waals surface area contributed by atoms with Crippen molar-refractivity contribution in [3.63, 3.8) is 0 Å². The van der Waals surface area contributed by atoms with Gasteiger partial charge in [-0.2, -0.15) is 0 Å². The lowest BCUT2D eigenvalue weighted by molar-refractivity contribution is -0.139. The minimum Gasteiger partial charge on any atom is -0.481 e. The molecule has 1 aromatic heterocycles. The fraction of sp³-hybridized carbons (Fsp3) is 0.524. The number of carboxylic acid groups (broad SMARTS) is 1. The molecule has 1 aromatic carbocycles. The number of amides is 1. The van der Waals surface area contributed by atoms with Gasteiger partial charge in [0.2, 0.25) is 5.82 Å². The molecule has 1 saturated carbocycles. The predicted octanol–water partition coefficient (Wildman–Crippen LogP) is 3.03. The third kappa shape index (κ3) is 3.08. The summed E-state index contributed by atoms with van der Waals surface area (Å²) in [7, 11) is 0. The number of aliphatic carboxylic acids is 1. The molecule has 7 heteroatoms. The number of aryl methyl sites for hydroxylation is 1. The number of benzene rings is 1. The van der Waals surface area contributed by atoms with Crippen LogP contribution in [0.2, 0.25) is 0 Å². The van der Waals surface area contributed by atoms with Gasteiger partial charge in [0.15, 0.2) is 0 Å². The molecule has 1 unspecified atom stereocenters. The van der Waals surface area contributed by atoms with Crippen molar-refractivity contribution in [2.45, 2.75) is 46.0 Å². The molecule has 1 saturated heterocycles. The summed E-state index contributed by atoms with van der Waals surface area (Å²) in [6.07, 6.45) is 2.22. The number of piperidine rings is 1. The molecule has 7 nitrogen and oxygen atoms in total. The molecule has 0 bridgehead atoms. The molecule has 2 aromatic rings. The van der Waals surface area contributed by atoms with Gasteiger partial charge in [-0.3, -0.25) is 9.59 Å². The van der Waals surface area contributed by atoms with E-state index in [4.69, 9.17) is 0 Å². The van der Waals surface area contributed by atoms with Gasteiger partial charge in [0.25, 0.3) is 5.91 Å². The monoisotopic (exact) mass is 382 g/mol. The first-order valence-electron chi connectivity index (χ1n) is 9.87. The molecule has 2 fully saturated rings. The summed E-state index contributed by atoms with van der Waals surface area (Å²) in [5.41, 5.74) is 2.01. The van der Waals surface area contributed by atoms with Crippen LogP contribution in [0.4, 0.5) is 0 Å². The summed E-state index contributed by atoms with van der Waals surface area (Å²) in [4.78, 5) is 30.3. The number of nitrogens with zero attached hydrogens (tertiary/aromatic N) is 4. The third-order valence-electron chi connectivity index (χ3n) is 6.28. The average Bonchev–Trinajstić information content (AvgIpc) is 3.24. The average molecular weight is 382 g/mol. The fourth-order valence-corrected chi connectivity index (χ4v) is 4.42. The maximum absolute atomic E-state index is 12.9. The smallest absolute Gasteiger partial charge is 0.307 e. The van der Waals surface area contributed by atoms with Crippen molar-refractivity contribution in [1.29, 1.82) is 0 Å². The van der Waals surface area contributed by atoms with Gasteiger partial charge in [-0.15, -0.1) is 5.10 Å². The molecule has 1 amide bonds. The van der Waals surface area contributed by atoms with Crippen LogP contribution in [0.1, 0.15) is 61.0 Å². The molecule has 2 heterocycles. The highest BCUT2D eigenvalue weighted by molar-refractivity contribution is 5.90. The lowest BCUT2D eigenvalue weighted by Gasteiger charge is -2.31. The number of para-hydroxylation sites is 1. The highest BCUT2D eigenvalue weighted by Crippen LogP contribution is 2.59. The van der Waals surface area contributed by atoms with E-state index in [-0.39, 0.29) is 23.1 Å². The Bertz CT molecular complexity index is 925. The minimum atomic E-state index is -0.709. The van der Waals surface area contributed by atoms with E-state index in [0.29, 0.717) is 24.8 Å². The molecule has 148 valence electrons. The van der Waals surface area contributed by atoms with Crippen LogP contribution in [0.25, 0.3) is 5.69 Å². The summed E-state index contributed by atoms with van der Waals surface area (Å²) in [6.45, 7) is 7.25. The van der Waals surface area contributed by atoms with E-state index < -0.39 is 5.97 Å². The van der Waals surface area contributed by atoms with E-state index in [9.17, 15) is 14.7 Å². The number of hydrogen-bond donors (Lipinski definition) is 1. The first-order chi connectivity index (χ1) is 13.3. The fourth-order valence-electron chi connectivity index (χ4n) is 4.42. The quantitative estimate of drug-likeness (QED) is 0.878. The standard InChI is InChI=1S/C21H26N4O3/c1-13(2)15-6-4-5-7-17(15)25-14(3)22-18(23-25)19(26)24-10-8-21(9-11-24)12-16(21)20(27)28/h4-7,13,16H,8-12H2,1-3H3,(H,27,28). The van der Waals surface area contributed by atoms with E-state index in [2.05, 4.69) is 30.0 Å². The van der Waals surface area contributed by atoms with Gasteiger partial charge in [-0.05, 0) is 49.1 Å². The van der Waals surface area contributed by atoms with Crippen LogP contribution in [0, 0.1) is 18.3 Å². The van der Waals surface area contributed by atoms with Gasteiger partial charge in [0.1, 0.15) is 5.82 Å². The first kappa shape index (κ1) is 18.7. The molecule has 1 atom stereocenters. The molecule has 1 aliphatic heterocycles. The van der Waals surface area contributed by atoms with Crippen LogP contribution < -0.4 is 0 Å². The Balaban J connectivity index is 1.52. The number of rotatable bonds is 4. The van der Waals surface area contributed by atoms with E-state index in [1.165, 1.54) is 0 Å². The van der Waals surface area contributed by atoms with Crippen molar-refractivity contribution < 1.29 is 14.7 Å². The second-order valence-electron chi connectivity index (χ2n) is 8.36. The molecule has 2 aliphatic rings. The summed E-state index contributed by atoms with van der Waals surface area (Å²) in [5.74, 6) is 0.0939. The number of carboxylic acids is 1. The Kier molecular flexibility index (Phi) is 4.48. The Morgan fingerprint density at radius 3 is 2.50 bits per heavy atom. The second kappa shape index (κ2) is 6.72. The molecule has 1 N–H and O–H groups in total. The van der Waals surface area contributed by atoms with E-state index in [1.807, 2.05) is 25.1 Å². The predicted molar refractivity (Wildman–Crippen MR) is 103 cm³/mol. The molecule has 1 spiro atoms. The largest absolute Gasteiger partial charge is 0.481 e. The topological polar surface area (TPSA) is 88.3 Å². The molecule has 4 rings (SSSR count). The minimum absolute atomic E-state index is 0.0957. The summed E-state index contributed by atoms with van der Waals surface area (Å²) >= 11 is 0. The van der Waals surface area contributed by atoms with Gasteiger partial charge >= 0.3 is 5.97 Å². The van der Waals surface area contributed by atoms with Crippen LogP contribution in [-0.4, -0.2) is 49.7 Å². The number of aromatic nitrogens is 3. The van der Waals surface area contributed by atoms with Crippen LogP contribution in [0.5, 0.6) is 0 Å². The van der Waals surface area contributed by atoms with Crippen molar-refractivity contribution in [2.75, 3.05) is 13.1 Å². The Morgan fingerprint density at radius 1 is 1.21 bits per heavy atom. The third-order valence-corrected chi connectivity index (χ3v) is 6.28. The maximum Gasteiger partial charge on any atom is 0.307 e. The lowest BCUT2D eigenvalue weighted by Crippen LogP contribution is -2.40. The number of likely N-dealkylation sites (tertiary alicyclic amines) is 1. The van der Waals surface area contributed by atoms with E-state index >= 15 is 0 Å². The van der Waals surface area contributed by atoms with Gasteiger partial charge < -0.3 is 10.0 Å². The van der Waals surface area contributed by atoms with Crippen LogP contribution >= 0.6 is 0 Å². The SMILES string of the molecule is Cc1nc(C(=O)N2CCC3(CC2)CC3C(=O)O)nn1-c1ccccc1C(C)C. The van der Waals surface area contributed by atoms with Crippen molar-refractivity contribution in [2.24, 2.45) is 11.3 Å². The molecule has 1 aliphatic carbocycles. The summed E-state index contributed by atoms with van der Waals surface area (Å²) < 4.78 is 1.75.